The first kappa shape index (κ1) is 14.1. The zero-order valence-corrected chi connectivity index (χ0v) is 11.4. The van der Waals surface area contributed by atoms with Gasteiger partial charge >= 0.3 is 0 Å². The minimum atomic E-state index is -0.120. The molecule has 2 aliphatic heterocycles. The summed E-state index contributed by atoms with van der Waals surface area (Å²) in [6, 6.07) is 0.367. The summed E-state index contributed by atoms with van der Waals surface area (Å²) in [4.78, 5) is 14.1. The average Bonchev–Trinajstić information content (AvgIpc) is 2.96. The van der Waals surface area contributed by atoms with Crippen molar-refractivity contribution in [3.8, 4) is 0 Å². The van der Waals surface area contributed by atoms with Gasteiger partial charge in [0.1, 0.15) is 19.5 Å². The van der Waals surface area contributed by atoms with E-state index in [0.717, 1.165) is 13.0 Å². The van der Waals surface area contributed by atoms with Crippen LogP contribution in [0.3, 0.4) is 0 Å². The molecule has 19 heavy (non-hydrogen) atoms. The number of carbonyl (C=O) groups excluding carboxylic acids is 1. The maximum Gasteiger partial charge on any atom is 0.292 e. The summed E-state index contributed by atoms with van der Waals surface area (Å²) >= 11 is 0. The monoisotopic (exact) mass is 270 g/mol. The van der Waals surface area contributed by atoms with Crippen molar-refractivity contribution in [3.05, 3.63) is 12.0 Å². The van der Waals surface area contributed by atoms with E-state index in [4.69, 9.17) is 14.2 Å². The van der Waals surface area contributed by atoms with Gasteiger partial charge in [-0.1, -0.05) is 0 Å². The molecule has 0 spiro atoms. The fourth-order valence-electron chi connectivity index (χ4n) is 2.29. The Morgan fingerprint density at radius 3 is 3.11 bits per heavy atom. The number of methoxy groups -OCH3 is 1. The van der Waals surface area contributed by atoms with Gasteiger partial charge in [0, 0.05) is 26.2 Å². The van der Waals surface area contributed by atoms with Crippen molar-refractivity contribution >= 4 is 5.91 Å². The summed E-state index contributed by atoms with van der Waals surface area (Å²) in [5.41, 5.74) is 0. The topological polar surface area (TPSA) is 60.0 Å². The van der Waals surface area contributed by atoms with E-state index in [0.29, 0.717) is 44.7 Å². The molecule has 108 valence electrons. The Balaban J connectivity index is 1.94. The first-order valence-electron chi connectivity index (χ1n) is 6.77. The molecule has 0 aromatic rings. The molecule has 0 aromatic heterocycles. The summed E-state index contributed by atoms with van der Waals surface area (Å²) < 4.78 is 15.6. The van der Waals surface area contributed by atoms with Crippen LogP contribution in [0.2, 0.25) is 0 Å². The molecule has 0 saturated carbocycles. The summed E-state index contributed by atoms with van der Waals surface area (Å²) in [6.07, 6.45) is 3.68. The second-order valence-corrected chi connectivity index (χ2v) is 4.74. The smallest absolute Gasteiger partial charge is 0.292 e. The van der Waals surface area contributed by atoms with E-state index in [1.807, 2.05) is 0 Å². The quantitative estimate of drug-likeness (QED) is 0.742. The van der Waals surface area contributed by atoms with E-state index >= 15 is 0 Å². The highest BCUT2D eigenvalue weighted by Crippen LogP contribution is 2.12. The predicted octanol–water partition coefficient (Wildman–Crippen LogP) is 0.102. The molecule has 0 radical (unpaired) electrons. The Bertz CT molecular complexity index is 327. The molecule has 2 heterocycles. The molecule has 1 saturated heterocycles. The predicted molar refractivity (Wildman–Crippen MR) is 69.5 cm³/mol. The fourth-order valence-corrected chi connectivity index (χ4v) is 2.29. The molecule has 2 rings (SSSR count). The minimum Gasteiger partial charge on any atom is -0.494 e. The van der Waals surface area contributed by atoms with Crippen LogP contribution in [-0.2, 0) is 19.0 Å². The first-order valence-corrected chi connectivity index (χ1v) is 6.77. The molecule has 0 bridgehead atoms. The lowest BCUT2D eigenvalue weighted by atomic mass is 10.2. The highest BCUT2D eigenvalue weighted by atomic mass is 16.6. The molecular weight excluding hydrogens is 248 g/mol. The van der Waals surface area contributed by atoms with Crippen LogP contribution in [-0.4, -0.2) is 63.4 Å². The van der Waals surface area contributed by atoms with Gasteiger partial charge in [0.15, 0.2) is 0 Å². The standard InChI is InChI=1S/C13H22N2O4/c1-17-6-5-15(9-11-3-2-4-14-11)13(16)12-10-18-7-8-19-12/h10-11,14H,2-9H2,1H3. The number of nitrogens with zero attached hydrogens (tertiary/aromatic N) is 1. The Kier molecular flexibility index (Phi) is 5.47. The largest absolute Gasteiger partial charge is 0.494 e. The lowest BCUT2D eigenvalue weighted by Crippen LogP contribution is -2.44. The van der Waals surface area contributed by atoms with Crippen LogP contribution in [0.4, 0.5) is 0 Å². The Hall–Kier alpha value is -1.27. The van der Waals surface area contributed by atoms with Gasteiger partial charge in [-0.2, -0.15) is 0 Å². The van der Waals surface area contributed by atoms with Crippen LogP contribution in [0.25, 0.3) is 0 Å². The van der Waals surface area contributed by atoms with Crippen LogP contribution in [0.1, 0.15) is 12.8 Å². The second-order valence-electron chi connectivity index (χ2n) is 4.74. The average molecular weight is 270 g/mol. The van der Waals surface area contributed by atoms with Gasteiger partial charge in [-0.05, 0) is 19.4 Å². The molecule has 1 unspecified atom stereocenters. The molecule has 1 amide bonds. The van der Waals surface area contributed by atoms with E-state index in [9.17, 15) is 4.79 Å². The van der Waals surface area contributed by atoms with Crippen molar-refractivity contribution in [2.45, 2.75) is 18.9 Å². The second kappa shape index (κ2) is 7.35. The van der Waals surface area contributed by atoms with E-state index in [2.05, 4.69) is 5.32 Å². The van der Waals surface area contributed by atoms with Crippen molar-refractivity contribution in [1.29, 1.82) is 0 Å². The normalized spacial score (nSPS) is 22.4. The lowest BCUT2D eigenvalue weighted by Gasteiger charge is -2.27. The molecule has 1 N–H and O–H groups in total. The maximum absolute atomic E-state index is 12.4. The number of amides is 1. The summed E-state index contributed by atoms with van der Waals surface area (Å²) in [6.45, 7) is 3.72. The van der Waals surface area contributed by atoms with Crippen LogP contribution in [0.5, 0.6) is 0 Å². The van der Waals surface area contributed by atoms with Crippen LogP contribution < -0.4 is 5.32 Å². The van der Waals surface area contributed by atoms with Gasteiger partial charge in [0.2, 0.25) is 5.76 Å². The Morgan fingerprint density at radius 1 is 1.58 bits per heavy atom. The van der Waals surface area contributed by atoms with Crippen molar-refractivity contribution in [2.24, 2.45) is 0 Å². The highest BCUT2D eigenvalue weighted by Gasteiger charge is 2.25. The number of nitrogens with one attached hydrogen (secondary N) is 1. The number of rotatable bonds is 6. The van der Waals surface area contributed by atoms with E-state index in [-0.39, 0.29) is 5.91 Å². The third-order valence-corrected chi connectivity index (χ3v) is 3.32. The van der Waals surface area contributed by atoms with Crippen LogP contribution in [0, 0.1) is 0 Å². The third kappa shape index (κ3) is 4.11. The van der Waals surface area contributed by atoms with Crippen molar-refractivity contribution in [3.63, 3.8) is 0 Å². The van der Waals surface area contributed by atoms with Crippen molar-refractivity contribution in [2.75, 3.05) is 46.6 Å². The number of ether oxygens (including phenoxy) is 3. The Labute approximate surface area is 113 Å². The summed E-state index contributed by atoms with van der Waals surface area (Å²) in [7, 11) is 1.63. The molecule has 1 atom stereocenters. The minimum absolute atomic E-state index is 0.120. The molecular formula is C13H22N2O4. The Morgan fingerprint density at radius 2 is 2.47 bits per heavy atom. The van der Waals surface area contributed by atoms with E-state index in [1.54, 1.807) is 12.0 Å². The highest BCUT2D eigenvalue weighted by molar-refractivity contribution is 5.91. The SMILES string of the molecule is COCCN(CC1CCCN1)C(=O)C1=COCCO1. The van der Waals surface area contributed by atoms with Crippen LogP contribution in [0.15, 0.2) is 12.0 Å². The van der Waals surface area contributed by atoms with Crippen molar-refractivity contribution < 1.29 is 19.0 Å². The molecule has 6 heteroatoms. The lowest BCUT2D eigenvalue weighted by molar-refractivity contribution is -0.133. The molecule has 2 aliphatic rings. The van der Waals surface area contributed by atoms with Gasteiger partial charge in [-0.25, -0.2) is 0 Å². The van der Waals surface area contributed by atoms with E-state index in [1.165, 1.54) is 12.7 Å². The summed E-state index contributed by atoms with van der Waals surface area (Å²) in [5, 5.41) is 3.40. The first-order chi connectivity index (χ1) is 9.31. The molecule has 6 nitrogen and oxygen atoms in total. The zero-order chi connectivity index (χ0) is 13.5. The van der Waals surface area contributed by atoms with Gasteiger partial charge in [0.25, 0.3) is 5.91 Å². The number of carbonyl (C=O) groups is 1. The molecule has 1 fully saturated rings. The van der Waals surface area contributed by atoms with Gasteiger partial charge < -0.3 is 24.4 Å². The number of hydrogen-bond acceptors (Lipinski definition) is 5. The maximum atomic E-state index is 12.4. The molecule has 0 aliphatic carbocycles. The van der Waals surface area contributed by atoms with Gasteiger partial charge in [-0.3, -0.25) is 4.79 Å². The van der Waals surface area contributed by atoms with Crippen LogP contribution >= 0.6 is 0 Å². The zero-order valence-electron chi connectivity index (χ0n) is 11.4. The molecule has 0 aromatic carbocycles. The van der Waals surface area contributed by atoms with Crippen molar-refractivity contribution in [1.82, 2.24) is 10.2 Å². The van der Waals surface area contributed by atoms with Gasteiger partial charge in [0.05, 0.1) is 6.61 Å². The fraction of sp³-hybridized carbons (Fsp3) is 0.769. The van der Waals surface area contributed by atoms with Gasteiger partial charge in [-0.15, -0.1) is 0 Å². The van der Waals surface area contributed by atoms with E-state index < -0.39 is 0 Å². The summed E-state index contributed by atoms with van der Waals surface area (Å²) in [5.74, 6) is 0.172. The number of hydrogen-bond donors (Lipinski definition) is 1. The third-order valence-electron chi connectivity index (χ3n) is 3.32.